The maximum atomic E-state index is 9.12. The third-order valence-electron chi connectivity index (χ3n) is 2.80. The number of ether oxygens (including phenoxy) is 1. The second-order valence-electron chi connectivity index (χ2n) is 4.38. The van der Waals surface area contributed by atoms with E-state index in [1.54, 1.807) is 12.1 Å². The van der Waals surface area contributed by atoms with Crippen molar-refractivity contribution in [2.45, 2.75) is 45.4 Å². The van der Waals surface area contributed by atoms with Crippen LogP contribution in [0.3, 0.4) is 0 Å². The fraction of sp³-hybridized carbons (Fsp3) is 0.615. The smallest absolute Gasteiger partial charge is 0.492 e. The van der Waals surface area contributed by atoms with Crippen molar-refractivity contribution < 1.29 is 14.8 Å². The highest BCUT2D eigenvalue weighted by atomic mass is 16.5. The lowest BCUT2D eigenvalue weighted by Gasteiger charge is -2.09. The Labute approximate surface area is 109 Å². The molecule has 0 aliphatic carbocycles. The van der Waals surface area contributed by atoms with Crippen LogP contribution in [0.25, 0.3) is 0 Å². The third-order valence-corrected chi connectivity index (χ3v) is 2.80. The molecule has 100 valence electrons. The van der Waals surface area contributed by atoms with Gasteiger partial charge < -0.3 is 14.8 Å². The summed E-state index contributed by atoms with van der Waals surface area (Å²) in [7, 11) is -1.58. The highest BCUT2D eigenvalue weighted by Crippen LogP contribution is 2.08. The van der Waals surface area contributed by atoms with Gasteiger partial charge in [0.05, 0.1) is 6.61 Å². The first-order chi connectivity index (χ1) is 8.75. The van der Waals surface area contributed by atoms with E-state index in [1.807, 2.05) is 0 Å². The third kappa shape index (κ3) is 5.51. The van der Waals surface area contributed by atoms with Gasteiger partial charge in [-0.05, 0) is 18.6 Å². The molecule has 0 aliphatic heterocycles. The van der Waals surface area contributed by atoms with Crippen LogP contribution < -0.4 is 10.3 Å². The molecule has 0 bridgehead atoms. The minimum absolute atomic E-state index is 0.184. The number of hydrogen-bond donors (Lipinski definition) is 2. The van der Waals surface area contributed by atoms with E-state index < -0.39 is 7.12 Å². The summed E-state index contributed by atoms with van der Waals surface area (Å²) >= 11 is 0. The molecule has 0 unspecified atom stereocenters. The SMILES string of the molecule is CCCCCCCCOc1cccnc1B(O)O. The second kappa shape index (κ2) is 8.94. The first-order valence-electron chi connectivity index (χ1n) is 6.69. The Balaban J connectivity index is 2.23. The molecule has 0 aromatic carbocycles. The summed E-state index contributed by atoms with van der Waals surface area (Å²) in [6, 6.07) is 3.43. The zero-order valence-electron chi connectivity index (χ0n) is 11.0. The van der Waals surface area contributed by atoms with Crippen molar-refractivity contribution in [3.05, 3.63) is 18.3 Å². The van der Waals surface area contributed by atoms with Crippen LogP contribution in [-0.2, 0) is 0 Å². The molecule has 0 fully saturated rings. The summed E-state index contributed by atoms with van der Waals surface area (Å²) in [4.78, 5) is 3.89. The van der Waals surface area contributed by atoms with Gasteiger partial charge in [-0.2, -0.15) is 0 Å². The van der Waals surface area contributed by atoms with Crippen molar-refractivity contribution in [3.8, 4) is 5.75 Å². The van der Waals surface area contributed by atoms with E-state index in [9.17, 15) is 0 Å². The lowest BCUT2D eigenvalue weighted by molar-refractivity contribution is 0.304. The van der Waals surface area contributed by atoms with E-state index in [4.69, 9.17) is 14.8 Å². The summed E-state index contributed by atoms with van der Waals surface area (Å²) in [5.74, 6) is 0.459. The van der Waals surface area contributed by atoms with Crippen LogP contribution in [0.15, 0.2) is 18.3 Å². The Morgan fingerprint density at radius 3 is 2.61 bits per heavy atom. The highest BCUT2D eigenvalue weighted by molar-refractivity contribution is 6.58. The Morgan fingerprint density at radius 1 is 1.17 bits per heavy atom. The number of unbranched alkanes of at least 4 members (excludes halogenated alkanes) is 5. The summed E-state index contributed by atoms with van der Waals surface area (Å²) < 4.78 is 5.52. The van der Waals surface area contributed by atoms with Gasteiger partial charge in [0.2, 0.25) is 0 Å². The Morgan fingerprint density at radius 2 is 1.89 bits per heavy atom. The molecule has 0 radical (unpaired) electrons. The van der Waals surface area contributed by atoms with Crippen LogP contribution in [-0.4, -0.2) is 28.8 Å². The second-order valence-corrected chi connectivity index (χ2v) is 4.38. The fourth-order valence-electron chi connectivity index (χ4n) is 1.78. The van der Waals surface area contributed by atoms with E-state index in [-0.39, 0.29) is 5.59 Å². The van der Waals surface area contributed by atoms with Crippen molar-refractivity contribution >= 4 is 12.7 Å². The van der Waals surface area contributed by atoms with E-state index in [0.29, 0.717) is 12.4 Å². The van der Waals surface area contributed by atoms with Crippen LogP contribution in [0.5, 0.6) is 5.75 Å². The molecule has 1 aromatic rings. The first-order valence-corrected chi connectivity index (χ1v) is 6.69. The monoisotopic (exact) mass is 251 g/mol. The molecule has 0 amide bonds. The Hall–Kier alpha value is -1.07. The molecule has 1 rings (SSSR count). The first kappa shape index (κ1) is 15.0. The molecule has 1 aromatic heterocycles. The lowest BCUT2D eigenvalue weighted by atomic mass is 9.85. The van der Waals surface area contributed by atoms with Gasteiger partial charge in [-0.1, -0.05) is 39.0 Å². The van der Waals surface area contributed by atoms with Gasteiger partial charge >= 0.3 is 7.12 Å². The predicted octanol–water partition coefficient (Wildman–Crippen LogP) is 1.50. The summed E-state index contributed by atoms with van der Waals surface area (Å²) in [6.45, 7) is 2.80. The molecular formula is C13H22BNO3. The van der Waals surface area contributed by atoms with Crippen LogP contribution >= 0.6 is 0 Å². The molecule has 4 nitrogen and oxygen atoms in total. The summed E-state index contributed by atoms with van der Waals surface area (Å²) in [5, 5.41) is 18.2. The van der Waals surface area contributed by atoms with Gasteiger partial charge in [0.15, 0.2) is 0 Å². The van der Waals surface area contributed by atoms with Crippen LogP contribution in [0.2, 0.25) is 0 Å². The average Bonchev–Trinajstić information content (AvgIpc) is 2.38. The molecule has 0 spiro atoms. The van der Waals surface area contributed by atoms with E-state index in [1.165, 1.54) is 31.9 Å². The van der Waals surface area contributed by atoms with Crippen molar-refractivity contribution in [2.75, 3.05) is 6.61 Å². The van der Waals surface area contributed by atoms with Gasteiger partial charge in [0.25, 0.3) is 0 Å². The Bertz CT molecular complexity index is 334. The van der Waals surface area contributed by atoms with Gasteiger partial charge in [0, 0.05) is 6.20 Å². The predicted molar refractivity (Wildman–Crippen MR) is 72.9 cm³/mol. The topological polar surface area (TPSA) is 62.6 Å². The van der Waals surface area contributed by atoms with Gasteiger partial charge in [-0.25, -0.2) is 0 Å². The molecule has 0 atom stereocenters. The van der Waals surface area contributed by atoms with Crippen LogP contribution in [0, 0.1) is 0 Å². The van der Waals surface area contributed by atoms with Gasteiger partial charge in [-0.3, -0.25) is 4.98 Å². The normalized spacial score (nSPS) is 10.4. The number of nitrogens with zero attached hydrogens (tertiary/aromatic N) is 1. The van der Waals surface area contributed by atoms with Crippen molar-refractivity contribution in [2.24, 2.45) is 0 Å². The molecule has 18 heavy (non-hydrogen) atoms. The molecule has 5 heteroatoms. The number of aromatic nitrogens is 1. The quantitative estimate of drug-likeness (QED) is 0.515. The molecule has 1 heterocycles. The minimum Gasteiger partial charge on any atom is -0.492 e. The molecular weight excluding hydrogens is 229 g/mol. The zero-order chi connectivity index (χ0) is 13.2. The number of hydrogen-bond acceptors (Lipinski definition) is 4. The van der Waals surface area contributed by atoms with Crippen molar-refractivity contribution in [1.29, 1.82) is 0 Å². The largest absolute Gasteiger partial charge is 0.512 e. The lowest BCUT2D eigenvalue weighted by Crippen LogP contribution is -2.34. The van der Waals surface area contributed by atoms with E-state index in [2.05, 4.69) is 11.9 Å². The van der Waals surface area contributed by atoms with Crippen LogP contribution in [0.4, 0.5) is 0 Å². The van der Waals surface area contributed by atoms with Gasteiger partial charge in [-0.15, -0.1) is 0 Å². The Kier molecular flexibility index (Phi) is 7.45. The minimum atomic E-state index is -1.58. The molecule has 0 saturated heterocycles. The van der Waals surface area contributed by atoms with Crippen LogP contribution in [0.1, 0.15) is 45.4 Å². The van der Waals surface area contributed by atoms with Crippen molar-refractivity contribution in [3.63, 3.8) is 0 Å². The number of rotatable bonds is 9. The average molecular weight is 251 g/mol. The number of pyridine rings is 1. The molecule has 2 N–H and O–H groups in total. The molecule has 0 aliphatic rings. The summed E-state index contributed by atoms with van der Waals surface area (Å²) in [5.41, 5.74) is 0.184. The highest BCUT2D eigenvalue weighted by Gasteiger charge is 2.18. The zero-order valence-corrected chi connectivity index (χ0v) is 11.0. The maximum absolute atomic E-state index is 9.12. The standard InChI is InChI=1S/C13H22BNO3/c1-2-3-4-5-6-7-11-18-12-9-8-10-15-13(12)14(16)17/h8-10,16-17H,2-7,11H2,1H3. The molecule has 0 saturated carbocycles. The van der Waals surface area contributed by atoms with E-state index in [0.717, 1.165) is 12.8 Å². The van der Waals surface area contributed by atoms with Crippen molar-refractivity contribution in [1.82, 2.24) is 4.98 Å². The maximum Gasteiger partial charge on any atom is 0.512 e. The summed E-state index contributed by atoms with van der Waals surface area (Å²) in [6.07, 6.45) is 8.72. The fourth-order valence-corrected chi connectivity index (χ4v) is 1.78. The van der Waals surface area contributed by atoms with Gasteiger partial charge in [0.1, 0.15) is 11.3 Å². The van der Waals surface area contributed by atoms with E-state index >= 15 is 0 Å².